The molecule has 1 aromatic heterocycles. The quantitative estimate of drug-likeness (QED) is 0.605. The summed E-state index contributed by atoms with van der Waals surface area (Å²) in [5.41, 5.74) is 0.980. The van der Waals surface area contributed by atoms with Gasteiger partial charge < -0.3 is 10.1 Å². The SMILES string of the molecule is CCCNCc1cc(Br)cnc1Oc1cc(Br)ccc1Cl. The van der Waals surface area contributed by atoms with Gasteiger partial charge in [-0.2, -0.15) is 0 Å². The van der Waals surface area contributed by atoms with E-state index in [2.05, 4.69) is 49.1 Å². The van der Waals surface area contributed by atoms with Crippen LogP contribution in [0.3, 0.4) is 0 Å². The molecule has 0 amide bonds. The summed E-state index contributed by atoms with van der Waals surface area (Å²) in [5, 5.41) is 3.90. The maximum Gasteiger partial charge on any atom is 0.223 e. The molecule has 0 saturated heterocycles. The van der Waals surface area contributed by atoms with Gasteiger partial charge in [0.15, 0.2) is 0 Å². The molecule has 21 heavy (non-hydrogen) atoms. The summed E-state index contributed by atoms with van der Waals surface area (Å²) < 4.78 is 7.70. The Morgan fingerprint density at radius 3 is 2.81 bits per heavy atom. The molecular formula is C15H15Br2ClN2O. The van der Waals surface area contributed by atoms with Crippen molar-refractivity contribution >= 4 is 43.5 Å². The van der Waals surface area contributed by atoms with Crippen LogP contribution in [0.4, 0.5) is 0 Å². The van der Waals surface area contributed by atoms with Gasteiger partial charge in [-0.3, -0.25) is 0 Å². The lowest BCUT2D eigenvalue weighted by molar-refractivity contribution is 0.452. The fourth-order valence-corrected chi connectivity index (χ4v) is 2.62. The number of aromatic nitrogens is 1. The summed E-state index contributed by atoms with van der Waals surface area (Å²) in [5.74, 6) is 1.14. The lowest BCUT2D eigenvalue weighted by atomic mass is 10.2. The summed E-state index contributed by atoms with van der Waals surface area (Å²) in [6.07, 6.45) is 2.79. The third kappa shape index (κ3) is 4.95. The first-order valence-corrected chi connectivity index (χ1v) is 8.54. The van der Waals surface area contributed by atoms with Crippen LogP contribution in [0.15, 0.2) is 39.4 Å². The topological polar surface area (TPSA) is 34.2 Å². The van der Waals surface area contributed by atoms with Crippen molar-refractivity contribution < 1.29 is 4.74 Å². The van der Waals surface area contributed by atoms with E-state index in [9.17, 15) is 0 Å². The van der Waals surface area contributed by atoms with E-state index in [1.165, 1.54) is 0 Å². The highest BCUT2D eigenvalue weighted by molar-refractivity contribution is 9.10. The minimum Gasteiger partial charge on any atom is -0.437 e. The summed E-state index contributed by atoms with van der Waals surface area (Å²) >= 11 is 13.0. The van der Waals surface area contributed by atoms with E-state index in [0.717, 1.165) is 27.5 Å². The van der Waals surface area contributed by atoms with Gasteiger partial charge in [0, 0.05) is 27.3 Å². The Bertz CT molecular complexity index is 623. The summed E-state index contributed by atoms with van der Waals surface area (Å²) in [6, 6.07) is 7.48. The molecule has 0 bridgehead atoms. The Kier molecular flexibility index (Phi) is 6.48. The Morgan fingerprint density at radius 2 is 2.05 bits per heavy atom. The molecule has 0 unspecified atom stereocenters. The van der Waals surface area contributed by atoms with Gasteiger partial charge in [0.1, 0.15) is 5.75 Å². The second-order valence-electron chi connectivity index (χ2n) is 4.47. The van der Waals surface area contributed by atoms with Crippen LogP contribution < -0.4 is 10.1 Å². The predicted molar refractivity (Wildman–Crippen MR) is 93.2 cm³/mol. The van der Waals surface area contributed by atoms with Crippen molar-refractivity contribution in [1.29, 1.82) is 0 Å². The normalized spacial score (nSPS) is 10.7. The fourth-order valence-electron chi connectivity index (χ4n) is 1.75. The van der Waals surface area contributed by atoms with E-state index in [4.69, 9.17) is 16.3 Å². The number of nitrogens with zero attached hydrogens (tertiary/aromatic N) is 1. The van der Waals surface area contributed by atoms with Crippen molar-refractivity contribution in [2.24, 2.45) is 0 Å². The average Bonchev–Trinajstić information content (AvgIpc) is 2.46. The number of hydrogen-bond donors (Lipinski definition) is 1. The van der Waals surface area contributed by atoms with Crippen molar-refractivity contribution in [3.8, 4) is 11.6 Å². The first-order chi connectivity index (χ1) is 10.1. The molecule has 112 valence electrons. The highest BCUT2D eigenvalue weighted by Gasteiger charge is 2.10. The van der Waals surface area contributed by atoms with Crippen LogP contribution >= 0.6 is 43.5 Å². The Hall–Kier alpha value is -0.620. The van der Waals surface area contributed by atoms with Crippen LogP contribution in [0.25, 0.3) is 0 Å². The molecule has 1 N–H and O–H groups in total. The van der Waals surface area contributed by atoms with E-state index in [1.54, 1.807) is 12.3 Å². The predicted octanol–water partition coefficient (Wildman–Crippen LogP) is 5.55. The second kappa shape index (κ2) is 8.13. The highest BCUT2D eigenvalue weighted by Crippen LogP contribution is 2.33. The van der Waals surface area contributed by atoms with Crippen LogP contribution in [0, 0.1) is 0 Å². The largest absolute Gasteiger partial charge is 0.437 e. The van der Waals surface area contributed by atoms with Gasteiger partial charge in [-0.05, 0) is 53.2 Å². The van der Waals surface area contributed by atoms with E-state index in [0.29, 0.717) is 23.2 Å². The van der Waals surface area contributed by atoms with Gasteiger partial charge in [0.2, 0.25) is 5.88 Å². The van der Waals surface area contributed by atoms with Crippen LogP contribution in [-0.2, 0) is 6.54 Å². The molecule has 6 heteroatoms. The maximum atomic E-state index is 6.16. The number of ether oxygens (including phenoxy) is 1. The molecule has 0 aliphatic heterocycles. The smallest absolute Gasteiger partial charge is 0.223 e. The van der Waals surface area contributed by atoms with Crippen LogP contribution in [0.1, 0.15) is 18.9 Å². The Balaban J connectivity index is 2.24. The number of pyridine rings is 1. The van der Waals surface area contributed by atoms with Crippen molar-refractivity contribution in [1.82, 2.24) is 10.3 Å². The minimum atomic E-state index is 0.551. The minimum absolute atomic E-state index is 0.551. The summed E-state index contributed by atoms with van der Waals surface area (Å²) in [6.45, 7) is 3.77. The molecule has 0 atom stereocenters. The third-order valence-corrected chi connectivity index (χ3v) is 3.97. The Morgan fingerprint density at radius 1 is 1.24 bits per heavy atom. The monoisotopic (exact) mass is 432 g/mol. The molecule has 0 radical (unpaired) electrons. The number of halogens is 3. The standard InChI is InChI=1S/C15H15Br2ClN2O/c1-2-5-19-8-10-6-12(17)9-20-15(10)21-14-7-11(16)3-4-13(14)18/h3-4,6-7,9,19H,2,5,8H2,1H3. The van der Waals surface area contributed by atoms with Crippen molar-refractivity contribution in [3.05, 3.63) is 50.0 Å². The first-order valence-electron chi connectivity index (χ1n) is 6.58. The van der Waals surface area contributed by atoms with Crippen LogP contribution in [-0.4, -0.2) is 11.5 Å². The summed E-state index contributed by atoms with van der Waals surface area (Å²) in [7, 11) is 0. The maximum absolute atomic E-state index is 6.16. The zero-order valence-electron chi connectivity index (χ0n) is 11.5. The molecule has 0 saturated carbocycles. The van der Waals surface area contributed by atoms with Crippen LogP contribution in [0.2, 0.25) is 5.02 Å². The molecule has 1 aromatic carbocycles. The molecule has 1 heterocycles. The third-order valence-electron chi connectivity index (χ3n) is 2.73. The molecule has 2 rings (SSSR count). The molecule has 0 aliphatic carbocycles. The lowest BCUT2D eigenvalue weighted by Gasteiger charge is -2.12. The van der Waals surface area contributed by atoms with E-state index < -0.39 is 0 Å². The van der Waals surface area contributed by atoms with Gasteiger partial charge in [0.05, 0.1) is 5.02 Å². The van der Waals surface area contributed by atoms with E-state index in [1.807, 2.05) is 18.2 Å². The molecule has 0 aliphatic rings. The molecular weight excluding hydrogens is 419 g/mol. The fraction of sp³-hybridized carbons (Fsp3) is 0.267. The summed E-state index contributed by atoms with van der Waals surface area (Å²) in [4.78, 5) is 4.34. The zero-order chi connectivity index (χ0) is 15.2. The first kappa shape index (κ1) is 16.7. The van der Waals surface area contributed by atoms with E-state index in [-0.39, 0.29) is 0 Å². The molecule has 2 aromatic rings. The molecule has 0 spiro atoms. The number of benzene rings is 1. The van der Waals surface area contributed by atoms with Gasteiger partial charge in [0.25, 0.3) is 0 Å². The Labute approximate surface area is 146 Å². The van der Waals surface area contributed by atoms with Gasteiger partial charge >= 0.3 is 0 Å². The highest BCUT2D eigenvalue weighted by atomic mass is 79.9. The van der Waals surface area contributed by atoms with Gasteiger partial charge in [-0.15, -0.1) is 0 Å². The number of hydrogen-bond acceptors (Lipinski definition) is 3. The zero-order valence-corrected chi connectivity index (χ0v) is 15.4. The number of nitrogens with one attached hydrogen (secondary N) is 1. The van der Waals surface area contributed by atoms with Gasteiger partial charge in [-0.1, -0.05) is 34.5 Å². The number of rotatable bonds is 6. The van der Waals surface area contributed by atoms with Crippen molar-refractivity contribution in [2.45, 2.75) is 19.9 Å². The average molecular weight is 435 g/mol. The lowest BCUT2D eigenvalue weighted by Crippen LogP contribution is -2.14. The van der Waals surface area contributed by atoms with Crippen LogP contribution in [0.5, 0.6) is 11.6 Å². The van der Waals surface area contributed by atoms with Crippen molar-refractivity contribution in [2.75, 3.05) is 6.54 Å². The van der Waals surface area contributed by atoms with Gasteiger partial charge in [-0.25, -0.2) is 4.98 Å². The second-order valence-corrected chi connectivity index (χ2v) is 6.71. The molecule has 3 nitrogen and oxygen atoms in total. The van der Waals surface area contributed by atoms with E-state index >= 15 is 0 Å². The van der Waals surface area contributed by atoms with Crippen molar-refractivity contribution in [3.63, 3.8) is 0 Å². The molecule has 0 fully saturated rings.